The number of nitrogens with one attached hydrogen (secondary N) is 1. The first-order valence-electron chi connectivity index (χ1n) is 8.50. The molecule has 2 saturated heterocycles. The molecule has 0 aliphatic carbocycles. The molecule has 2 heterocycles. The summed E-state index contributed by atoms with van der Waals surface area (Å²) in [6, 6.07) is 6.32. The van der Waals surface area contributed by atoms with E-state index in [1.165, 1.54) is 11.9 Å². The van der Waals surface area contributed by atoms with Crippen LogP contribution in [0.25, 0.3) is 0 Å². The molecule has 5 amide bonds. The monoisotopic (exact) mass is 358 g/mol. The number of hydrogen-bond donors (Lipinski definition) is 2. The predicted molar refractivity (Wildman–Crippen MR) is 92.4 cm³/mol. The Kier molecular flexibility index (Phi) is 4.43. The van der Waals surface area contributed by atoms with Gasteiger partial charge in [0.25, 0.3) is 0 Å². The van der Waals surface area contributed by atoms with Crippen molar-refractivity contribution in [1.82, 2.24) is 15.1 Å². The maximum Gasteiger partial charge on any atom is 0.318 e. The van der Waals surface area contributed by atoms with Crippen molar-refractivity contribution >= 4 is 23.8 Å². The van der Waals surface area contributed by atoms with Crippen LogP contribution in [-0.2, 0) is 14.4 Å². The van der Waals surface area contributed by atoms with Crippen LogP contribution in [0.4, 0.5) is 4.79 Å². The lowest BCUT2D eigenvalue weighted by atomic mass is 9.86. The van der Waals surface area contributed by atoms with Crippen LogP contribution in [0.1, 0.15) is 25.5 Å². The highest BCUT2D eigenvalue weighted by molar-refractivity contribution is 6.09. The number of carbonyl (C=O) groups excluding carboxylic acids is 4. The zero-order chi connectivity index (χ0) is 19.2. The SMILES string of the molecule is CC(C)NC(=O)N1C(C(N)=O)C2C(=O)N(C)C(=O)C2C1c1ccccc1. The van der Waals surface area contributed by atoms with Crippen LogP contribution in [0.2, 0.25) is 0 Å². The van der Waals surface area contributed by atoms with E-state index >= 15 is 0 Å². The van der Waals surface area contributed by atoms with Gasteiger partial charge in [0.05, 0.1) is 17.9 Å². The number of hydrogen-bond acceptors (Lipinski definition) is 4. The number of primary amides is 1. The zero-order valence-corrected chi connectivity index (χ0v) is 14.9. The summed E-state index contributed by atoms with van der Waals surface area (Å²) in [5, 5.41) is 2.74. The lowest BCUT2D eigenvalue weighted by Gasteiger charge is -2.32. The zero-order valence-electron chi connectivity index (χ0n) is 14.9. The summed E-state index contributed by atoms with van der Waals surface area (Å²) in [6.45, 7) is 3.57. The van der Waals surface area contributed by atoms with Gasteiger partial charge in [-0.25, -0.2) is 4.79 Å². The Balaban J connectivity index is 2.15. The summed E-state index contributed by atoms with van der Waals surface area (Å²) in [6.07, 6.45) is 0. The van der Waals surface area contributed by atoms with Gasteiger partial charge in [0.1, 0.15) is 6.04 Å². The first-order chi connectivity index (χ1) is 12.3. The van der Waals surface area contributed by atoms with Crippen molar-refractivity contribution in [3.05, 3.63) is 35.9 Å². The lowest BCUT2D eigenvalue weighted by molar-refractivity contribution is -0.141. The van der Waals surface area contributed by atoms with E-state index in [9.17, 15) is 19.2 Å². The number of amides is 5. The molecule has 26 heavy (non-hydrogen) atoms. The van der Waals surface area contributed by atoms with Crippen LogP contribution in [0.15, 0.2) is 30.3 Å². The van der Waals surface area contributed by atoms with Gasteiger partial charge < -0.3 is 16.0 Å². The molecule has 1 aromatic rings. The second-order valence-electron chi connectivity index (χ2n) is 7.00. The summed E-state index contributed by atoms with van der Waals surface area (Å²) in [4.78, 5) is 52.7. The van der Waals surface area contributed by atoms with E-state index in [2.05, 4.69) is 5.32 Å². The normalized spacial score (nSPS) is 27.8. The second kappa shape index (κ2) is 6.44. The Morgan fingerprint density at radius 3 is 2.19 bits per heavy atom. The third-order valence-corrected chi connectivity index (χ3v) is 4.98. The van der Waals surface area contributed by atoms with Crippen LogP contribution >= 0.6 is 0 Å². The van der Waals surface area contributed by atoms with E-state index in [1.54, 1.807) is 38.1 Å². The number of benzene rings is 1. The Labute approximate surface area is 151 Å². The summed E-state index contributed by atoms with van der Waals surface area (Å²) in [7, 11) is 1.39. The molecule has 2 aliphatic rings. The Morgan fingerprint density at radius 2 is 1.65 bits per heavy atom. The summed E-state index contributed by atoms with van der Waals surface area (Å²) >= 11 is 0. The average molecular weight is 358 g/mol. The van der Waals surface area contributed by atoms with E-state index in [1.807, 2.05) is 6.07 Å². The summed E-state index contributed by atoms with van der Waals surface area (Å²) in [5.41, 5.74) is 6.25. The molecular weight excluding hydrogens is 336 g/mol. The van der Waals surface area contributed by atoms with Gasteiger partial charge in [0.2, 0.25) is 17.7 Å². The molecule has 4 atom stereocenters. The molecule has 4 unspecified atom stereocenters. The molecule has 8 nitrogen and oxygen atoms in total. The maximum atomic E-state index is 12.9. The van der Waals surface area contributed by atoms with Gasteiger partial charge in [-0.05, 0) is 19.4 Å². The first kappa shape index (κ1) is 17.9. The summed E-state index contributed by atoms with van der Waals surface area (Å²) < 4.78 is 0. The Bertz CT molecular complexity index is 764. The van der Waals surface area contributed by atoms with Crippen LogP contribution in [0, 0.1) is 11.8 Å². The second-order valence-corrected chi connectivity index (χ2v) is 7.00. The maximum absolute atomic E-state index is 12.9. The minimum Gasteiger partial charge on any atom is -0.368 e. The van der Waals surface area contributed by atoms with Gasteiger partial charge in [-0.15, -0.1) is 0 Å². The molecule has 0 bridgehead atoms. The van der Waals surface area contributed by atoms with Crippen molar-refractivity contribution in [1.29, 1.82) is 0 Å². The van der Waals surface area contributed by atoms with Crippen molar-refractivity contribution in [2.24, 2.45) is 17.6 Å². The molecule has 2 fully saturated rings. The van der Waals surface area contributed by atoms with Crippen molar-refractivity contribution in [3.8, 4) is 0 Å². The number of rotatable bonds is 3. The molecule has 0 aromatic heterocycles. The van der Waals surface area contributed by atoms with Crippen LogP contribution in [0.3, 0.4) is 0 Å². The smallest absolute Gasteiger partial charge is 0.318 e. The number of imide groups is 1. The molecule has 0 spiro atoms. The summed E-state index contributed by atoms with van der Waals surface area (Å²) in [5.74, 6) is -3.48. The highest BCUT2D eigenvalue weighted by Gasteiger charge is 2.64. The van der Waals surface area contributed by atoms with E-state index in [4.69, 9.17) is 5.73 Å². The number of fused-ring (bicyclic) bond motifs is 1. The molecule has 1 aromatic carbocycles. The standard InChI is InChI=1S/C18H22N4O4/c1-9(2)20-18(26)22-13(10-7-5-4-6-8-10)11-12(14(22)15(19)23)17(25)21(3)16(11)24/h4-9,11-14H,1-3H3,(H2,19,23)(H,20,26). The minimum atomic E-state index is -1.18. The van der Waals surface area contributed by atoms with Crippen LogP contribution < -0.4 is 11.1 Å². The average Bonchev–Trinajstić information content (AvgIpc) is 3.05. The van der Waals surface area contributed by atoms with Gasteiger partial charge in [-0.1, -0.05) is 30.3 Å². The van der Waals surface area contributed by atoms with Crippen molar-refractivity contribution < 1.29 is 19.2 Å². The van der Waals surface area contributed by atoms with E-state index in [-0.39, 0.29) is 6.04 Å². The van der Waals surface area contributed by atoms with Gasteiger partial charge in [-0.3, -0.25) is 19.3 Å². The van der Waals surface area contributed by atoms with Crippen molar-refractivity contribution in [3.63, 3.8) is 0 Å². The lowest BCUT2D eigenvalue weighted by Crippen LogP contribution is -2.54. The van der Waals surface area contributed by atoms with Gasteiger partial charge >= 0.3 is 6.03 Å². The molecule has 0 saturated carbocycles. The number of urea groups is 1. The molecule has 138 valence electrons. The van der Waals surface area contributed by atoms with E-state index < -0.39 is 47.7 Å². The molecule has 3 N–H and O–H groups in total. The quantitative estimate of drug-likeness (QED) is 0.754. The van der Waals surface area contributed by atoms with Crippen LogP contribution in [0.5, 0.6) is 0 Å². The number of likely N-dealkylation sites (tertiary alicyclic amines) is 2. The first-order valence-corrected chi connectivity index (χ1v) is 8.50. The number of carbonyl (C=O) groups is 4. The predicted octanol–water partition coefficient (Wildman–Crippen LogP) is 0.246. The highest BCUT2D eigenvalue weighted by atomic mass is 16.2. The van der Waals surface area contributed by atoms with Crippen molar-refractivity contribution in [2.45, 2.75) is 32.0 Å². The number of nitrogens with zero attached hydrogens (tertiary/aromatic N) is 2. The van der Waals surface area contributed by atoms with E-state index in [0.717, 1.165) is 4.90 Å². The topological polar surface area (TPSA) is 113 Å². The van der Waals surface area contributed by atoms with E-state index in [0.29, 0.717) is 5.56 Å². The molecule has 2 aliphatic heterocycles. The fourth-order valence-electron chi connectivity index (χ4n) is 3.95. The molecule has 8 heteroatoms. The highest BCUT2D eigenvalue weighted by Crippen LogP contribution is 2.49. The third kappa shape index (κ3) is 2.61. The fraction of sp³-hybridized carbons (Fsp3) is 0.444. The van der Waals surface area contributed by atoms with Crippen LogP contribution in [-0.4, -0.2) is 52.7 Å². The van der Waals surface area contributed by atoms with Gasteiger partial charge in [0, 0.05) is 13.1 Å². The minimum absolute atomic E-state index is 0.179. The molecule has 0 radical (unpaired) electrons. The van der Waals surface area contributed by atoms with Gasteiger partial charge in [0.15, 0.2) is 0 Å². The Morgan fingerprint density at radius 1 is 1.08 bits per heavy atom. The third-order valence-electron chi connectivity index (χ3n) is 4.98. The Hall–Kier alpha value is -2.90. The fourth-order valence-corrected chi connectivity index (χ4v) is 3.95. The number of nitrogens with two attached hydrogens (primary N) is 1. The molecular formula is C18H22N4O4. The largest absolute Gasteiger partial charge is 0.368 e. The van der Waals surface area contributed by atoms with Gasteiger partial charge in [-0.2, -0.15) is 0 Å². The molecule has 3 rings (SSSR count). The van der Waals surface area contributed by atoms with Crippen molar-refractivity contribution in [2.75, 3.05) is 7.05 Å².